The van der Waals surface area contributed by atoms with Crippen LogP contribution in [0.1, 0.15) is 29.9 Å². The van der Waals surface area contributed by atoms with Crippen molar-refractivity contribution in [2.75, 3.05) is 13.2 Å². The number of carbonyl (C=O) groups excluding carboxylic acids is 1. The Morgan fingerprint density at radius 2 is 1.92 bits per heavy atom. The van der Waals surface area contributed by atoms with E-state index >= 15 is 0 Å². The predicted octanol–water partition coefficient (Wildman–Crippen LogP) is 4.10. The van der Waals surface area contributed by atoms with Gasteiger partial charge in [-0.05, 0) is 42.0 Å². The summed E-state index contributed by atoms with van der Waals surface area (Å²) >= 11 is 6.08. The number of amides is 2. The van der Waals surface area contributed by atoms with Crippen molar-refractivity contribution in [1.29, 1.82) is 0 Å². The van der Waals surface area contributed by atoms with Crippen molar-refractivity contribution in [3.63, 3.8) is 0 Å². The van der Waals surface area contributed by atoms with Crippen LogP contribution in [0.15, 0.2) is 48.5 Å². The highest BCUT2D eigenvalue weighted by atomic mass is 35.5. The number of benzene rings is 2. The number of rotatable bonds is 5. The molecule has 0 radical (unpaired) electrons. The average molecular weight is 345 g/mol. The molecule has 2 aromatic rings. The molecule has 24 heavy (non-hydrogen) atoms. The molecule has 0 saturated heterocycles. The third-order valence-corrected chi connectivity index (χ3v) is 4.63. The van der Waals surface area contributed by atoms with Gasteiger partial charge in [0.2, 0.25) is 0 Å². The molecule has 1 unspecified atom stereocenters. The topological polar surface area (TPSA) is 50.4 Å². The number of hydrogen-bond acceptors (Lipinski definition) is 2. The van der Waals surface area contributed by atoms with E-state index in [9.17, 15) is 4.79 Å². The monoisotopic (exact) mass is 344 g/mol. The number of fused-ring (bicyclic) bond motifs is 1. The fourth-order valence-electron chi connectivity index (χ4n) is 2.96. The molecule has 126 valence electrons. The Hall–Kier alpha value is -2.20. The van der Waals surface area contributed by atoms with Crippen LogP contribution in [0.25, 0.3) is 0 Å². The second kappa shape index (κ2) is 8.06. The Morgan fingerprint density at radius 3 is 2.79 bits per heavy atom. The number of para-hydroxylation sites is 1. The zero-order valence-corrected chi connectivity index (χ0v) is 14.2. The molecule has 4 nitrogen and oxygen atoms in total. The molecular weight excluding hydrogens is 324 g/mol. The molecule has 0 fully saturated rings. The Labute approximate surface area is 147 Å². The second-order valence-corrected chi connectivity index (χ2v) is 6.27. The van der Waals surface area contributed by atoms with E-state index in [1.54, 1.807) is 0 Å². The average Bonchev–Trinajstić information content (AvgIpc) is 2.61. The summed E-state index contributed by atoms with van der Waals surface area (Å²) in [6, 6.07) is 15.5. The van der Waals surface area contributed by atoms with Gasteiger partial charge < -0.3 is 15.4 Å². The van der Waals surface area contributed by atoms with Crippen LogP contribution in [-0.2, 0) is 6.54 Å². The lowest BCUT2D eigenvalue weighted by Gasteiger charge is -2.25. The van der Waals surface area contributed by atoms with Crippen LogP contribution in [0, 0.1) is 0 Å². The maximum atomic E-state index is 11.9. The van der Waals surface area contributed by atoms with Crippen LogP contribution in [-0.4, -0.2) is 19.2 Å². The smallest absolute Gasteiger partial charge is 0.315 e. The minimum absolute atomic E-state index is 0.171. The molecule has 2 N–H and O–H groups in total. The molecule has 2 aromatic carbocycles. The third kappa shape index (κ3) is 4.20. The summed E-state index contributed by atoms with van der Waals surface area (Å²) in [7, 11) is 0. The number of carbonyl (C=O) groups is 1. The number of nitrogens with one attached hydrogen (secondary N) is 2. The van der Waals surface area contributed by atoms with E-state index in [-0.39, 0.29) is 6.03 Å². The fourth-order valence-corrected chi connectivity index (χ4v) is 3.16. The summed E-state index contributed by atoms with van der Waals surface area (Å²) in [4.78, 5) is 11.9. The molecule has 0 saturated carbocycles. The Morgan fingerprint density at radius 1 is 1.12 bits per heavy atom. The van der Waals surface area contributed by atoms with Gasteiger partial charge in [-0.2, -0.15) is 0 Å². The SMILES string of the molecule is O=C(NCCC1CCOc2ccccc21)NCc1ccccc1Cl. The zero-order chi connectivity index (χ0) is 16.8. The summed E-state index contributed by atoms with van der Waals surface area (Å²) in [6.45, 7) is 1.79. The first-order valence-corrected chi connectivity index (χ1v) is 8.58. The van der Waals surface area contributed by atoms with E-state index in [1.807, 2.05) is 42.5 Å². The van der Waals surface area contributed by atoms with E-state index in [2.05, 4.69) is 16.7 Å². The van der Waals surface area contributed by atoms with Gasteiger partial charge in [0.15, 0.2) is 0 Å². The van der Waals surface area contributed by atoms with E-state index in [0.29, 0.717) is 24.0 Å². The molecule has 5 heteroatoms. The van der Waals surface area contributed by atoms with Crippen molar-refractivity contribution in [1.82, 2.24) is 10.6 Å². The summed E-state index contributed by atoms with van der Waals surface area (Å²) in [5.41, 5.74) is 2.15. The zero-order valence-electron chi connectivity index (χ0n) is 13.4. The number of urea groups is 1. The summed E-state index contributed by atoms with van der Waals surface area (Å²) in [5, 5.41) is 6.42. The number of hydrogen-bond donors (Lipinski definition) is 2. The van der Waals surface area contributed by atoms with E-state index in [1.165, 1.54) is 5.56 Å². The molecule has 1 aliphatic rings. The summed E-state index contributed by atoms with van der Waals surface area (Å²) < 4.78 is 5.67. The number of ether oxygens (including phenoxy) is 1. The molecular formula is C19H21ClN2O2. The maximum Gasteiger partial charge on any atom is 0.315 e. The van der Waals surface area contributed by atoms with Crippen molar-refractivity contribution in [2.24, 2.45) is 0 Å². The lowest BCUT2D eigenvalue weighted by atomic mass is 9.90. The second-order valence-electron chi connectivity index (χ2n) is 5.86. The maximum absolute atomic E-state index is 11.9. The van der Waals surface area contributed by atoms with Gasteiger partial charge in [0, 0.05) is 18.1 Å². The lowest BCUT2D eigenvalue weighted by Crippen LogP contribution is -2.36. The van der Waals surface area contributed by atoms with Crippen molar-refractivity contribution >= 4 is 17.6 Å². The normalized spacial score (nSPS) is 16.0. The van der Waals surface area contributed by atoms with Crippen molar-refractivity contribution < 1.29 is 9.53 Å². The largest absolute Gasteiger partial charge is 0.493 e. The fraction of sp³-hybridized carbons (Fsp3) is 0.316. The lowest BCUT2D eigenvalue weighted by molar-refractivity contribution is 0.238. The van der Waals surface area contributed by atoms with Crippen molar-refractivity contribution in [3.05, 3.63) is 64.7 Å². The minimum Gasteiger partial charge on any atom is -0.493 e. The standard InChI is InChI=1S/C19H21ClN2O2/c20-17-7-3-1-5-15(17)13-22-19(23)21-11-9-14-10-12-24-18-8-4-2-6-16(14)18/h1-8,14H,9-13H2,(H2,21,22,23). The van der Waals surface area contributed by atoms with Crippen LogP contribution < -0.4 is 15.4 Å². The molecule has 1 heterocycles. The predicted molar refractivity (Wildman–Crippen MR) is 95.6 cm³/mol. The summed E-state index contributed by atoms with van der Waals surface area (Å²) in [5.74, 6) is 1.40. The van der Waals surface area contributed by atoms with Gasteiger partial charge in [0.25, 0.3) is 0 Å². The van der Waals surface area contributed by atoms with Gasteiger partial charge in [0.05, 0.1) is 6.61 Å². The highest BCUT2D eigenvalue weighted by Crippen LogP contribution is 2.34. The quantitative estimate of drug-likeness (QED) is 0.858. The Bertz CT molecular complexity index is 705. The van der Waals surface area contributed by atoms with Crippen molar-refractivity contribution in [2.45, 2.75) is 25.3 Å². The highest BCUT2D eigenvalue weighted by Gasteiger charge is 2.20. The van der Waals surface area contributed by atoms with Crippen LogP contribution in [0.4, 0.5) is 4.79 Å². The minimum atomic E-state index is -0.171. The van der Waals surface area contributed by atoms with Gasteiger partial charge in [-0.1, -0.05) is 48.0 Å². The van der Waals surface area contributed by atoms with Gasteiger partial charge in [-0.15, -0.1) is 0 Å². The third-order valence-electron chi connectivity index (χ3n) is 4.26. The van der Waals surface area contributed by atoms with Gasteiger partial charge in [-0.25, -0.2) is 4.79 Å². The molecule has 0 spiro atoms. The van der Waals surface area contributed by atoms with Crippen LogP contribution in [0.2, 0.25) is 5.02 Å². The van der Waals surface area contributed by atoms with E-state index in [4.69, 9.17) is 16.3 Å². The Balaban J connectivity index is 1.44. The van der Waals surface area contributed by atoms with E-state index < -0.39 is 0 Å². The molecule has 1 atom stereocenters. The molecule has 0 aromatic heterocycles. The Kier molecular flexibility index (Phi) is 5.59. The molecule has 1 aliphatic heterocycles. The molecule has 3 rings (SSSR count). The van der Waals surface area contributed by atoms with Gasteiger partial charge >= 0.3 is 6.03 Å². The first kappa shape index (κ1) is 16.7. The highest BCUT2D eigenvalue weighted by molar-refractivity contribution is 6.31. The number of halogens is 1. The van der Waals surface area contributed by atoms with Crippen LogP contribution in [0.5, 0.6) is 5.75 Å². The molecule has 2 amide bonds. The molecule has 0 bridgehead atoms. The first-order chi connectivity index (χ1) is 11.7. The van der Waals surface area contributed by atoms with Crippen LogP contribution in [0.3, 0.4) is 0 Å². The van der Waals surface area contributed by atoms with E-state index in [0.717, 1.165) is 30.8 Å². The first-order valence-electron chi connectivity index (χ1n) is 8.21. The van der Waals surface area contributed by atoms with Gasteiger partial charge in [-0.3, -0.25) is 0 Å². The molecule has 0 aliphatic carbocycles. The van der Waals surface area contributed by atoms with Crippen LogP contribution >= 0.6 is 11.6 Å². The van der Waals surface area contributed by atoms with Gasteiger partial charge in [0.1, 0.15) is 5.75 Å². The summed E-state index contributed by atoms with van der Waals surface area (Å²) in [6.07, 6.45) is 1.89. The van der Waals surface area contributed by atoms with Crippen molar-refractivity contribution in [3.8, 4) is 5.75 Å².